The van der Waals surface area contributed by atoms with Gasteiger partial charge in [-0.15, -0.1) is 0 Å². The van der Waals surface area contributed by atoms with Gasteiger partial charge in [-0.3, -0.25) is 9.59 Å². The minimum absolute atomic E-state index is 0.0886. The van der Waals surface area contributed by atoms with Gasteiger partial charge in [-0.05, 0) is 25.2 Å². The van der Waals surface area contributed by atoms with Crippen LogP contribution in [0.25, 0.3) is 0 Å². The minimum Gasteiger partial charge on any atom is -0.342 e. The molecular weight excluding hydrogens is 228 g/mol. The van der Waals surface area contributed by atoms with Crippen molar-refractivity contribution in [2.75, 3.05) is 26.2 Å². The molecule has 0 radical (unpaired) electrons. The van der Waals surface area contributed by atoms with E-state index in [4.69, 9.17) is 0 Å². The van der Waals surface area contributed by atoms with Crippen LogP contribution in [0.4, 0.5) is 0 Å². The summed E-state index contributed by atoms with van der Waals surface area (Å²) in [6.45, 7) is 7.44. The van der Waals surface area contributed by atoms with Crippen LogP contribution in [-0.4, -0.2) is 47.8 Å². The molecule has 2 aliphatic heterocycles. The Morgan fingerprint density at radius 2 is 2.17 bits per heavy atom. The summed E-state index contributed by atoms with van der Waals surface area (Å²) in [5.74, 6) is 0.870. The molecule has 0 aliphatic carbocycles. The van der Waals surface area contributed by atoms with Crippen molar-refractivity contribution in [3.8, 4) is 0 Å². The molecule has 4 nitrogen and oxygen atoms in total. The molecule has 0 aromatic carbocycles. The number of amides is 2. The smallest absolute Gasteiger partial charge is 0.228 e. The molecule has 2 aliphatic rings. The standard InChI is InChI=1S/C14H24N2O2/c1-3-6-15-10-12(8-13(15)17)14(18)16-7-4-5-11(2)9-16/h11-12H,3-10H2,1-2H3/t11-,12+/m0/s1. The molecule has 2 atom stereocenters. The Morgan fingerprint density at radius 3 is 2.83 bits per heavy atom. The molecule has 0 unspecified atom stereocenters. The highest BCUT2D eigenvalue weighted by Crippen LogP contribution is 2.23. The van der Waals surface area contributed by atoms with Crippen molar-refractivity contribution in [2.24, 2.45) is 11.8 Å². The highest BCUT2D eigenvalue weighted by molar-refractivity contribution is 5.89. The van der Waals surface area contributed by atoms with Crippen LogP contribution in [0, 0.1) is 11.8 Å². The molecule has 4 heteroatoms. The zero-order chi connectivity index (χ0) is 13.1. The number of piperidine rings is 1. The molecule has 2 fully saturated rings. The van der Waals surface area contributed by atoms with Crippen molar-refractivity contribution in [1.82, 2.24) is 9.80 Å². The molecule has 2 heterocycles. The molecule has 0 N–H and O–H groups in total. The lowest BCUT2D eigenvalue weighted by molar-refractivity contribution is -0.137. The lowest BCUT2D eigenvalue weighted by atomic mass is 9.98. The van der Waals surface area contributed by atoms with Crippen molar-refractivity contribution in [2.45, 2.75) is 39.5 Å². The number of likely N-dealkylation sites (tertiary alicyclic amines) is 2. The van der Waals surface area contributed by atoms with Crippen LogP contribution < -0.4 is 0 Å². The Balaban J connectivity index is 1.92. The second kappa shape index (κ2) is 5.72. The summed E-state index contributed by atoms with van der Waals surface area (Å²) in [5.41, 5.74) is 0. The van der Waals surface area contributed by atoms with Gasteiger partial charge in [0.2, 0.25) is 11.8 Å². The monoisotopic (exact) mass is 252 g/mol. The Labute approximate surface area is 109 Å². The Hall–Kier alpha value is -1.06. The summed E-state index contributed by atoms with van der Waals surface area (Å²) in [7, 11) is 0. The predicted octanol–water partition coefficient (Wildman–Crippen LogP) is 1.50. The third kappa shape index (κ3) is 2.85. The minimum atomic E-state index is -0.0886. The maximum absolute atomic E-state index is 12.4. The van der Waals surface area contributed by atoms with Crippen LogP contribution in [0.15, 0.2) is 0 Å². The van der Waals surface area contributed by atoms with E-state index in [2.05, 4.69) is 13.8 Å². The van der Waals surface area contributed by atoms with Gasteiger partial charge >= 0.3 is 0 Å². The van der Waals surface area contributed by atoms with E-state index in [1.165, 1.54) is 6.42 Å². The molecule has 0 aromatic heterocycles. The lowest BCUT2D eigenvalue weighted by Crippen LogP contribution is -2.43. The summed E-state index contributed by atoms with van der Waals surface area (Å²) in [6.07, 6.45) is 3.71. The fourth-order valence-corrected chi connectivity index (χ4v) is 3.07. The van der Waals surface area contributed by atoms with Gasteiger partial charge in [0.1, 0.15) is 0 Å². The number of carbonyl (C=O) groups excluding carboxylic acids is 2. The van der Waals surface area contributed by atoms with Crippen molar-refractivity contribution < 1.29 is 9.59 Å². The van der Waals surface area contributed by atoms with E-state index in [-0.39, 0.29) is 17.7 Å². The predicted molar refractivity (Wildman–Crippen MR) is 70.0 cm³/mol. The van der Waals surface area contributed by atoms with E-state index in [9.17, 15) is 9.59 Å². The zero-order valence-electron chi connectivity index (χ0n) is 11.5. The number of hydrogen-bond acceptors (Lipinski definition) is 2. The zero-order valence-corrected chi connectivity index (χ0v) is 11.5. The summed E-state index contributed by atoms with van der Waals surface area (Å²) >= 11 is 0. The Morgan fingerprint density at radius 1 is 1.39 bits per heavy atom. The second-order valence-corrected chi connectivity index (χ2v) is 5.77. The fraction of sp³-hybridized carbons (Fsp3) is 0.857. The number of nitrogens with zero attached hydrogens (tertiary/aromatic N) is 2. The van der Waals surface area contributed by atoms with E-state index in [1.54, 1.807) is 0 Å². The van der Waals surface area contributed by atoms with Gasteiger partial charge in [-0.25, -0.2) is 0 Å². The highest BCUT2D eigenvalue weighted by atomic mass is 16.2. The van der Waals surface area contributed by atoms with Gasteiger partial charge in [0.05, 0.1) is 5.92 Å². The van der Waals surface area contributed by atoms with E-state index >= 15 is 0 Å². The first-order valence-electron chi connectivity index (χ1n) is 7.18. The van der Waals surface area contributed by atoms with Crippen molar-refractivity contribution >= 4 is 11.8 Å². The van der Waals surface area contributed by atoms with Crippen molar-refractivity contribution in [3.05, 3.63) is 0 Å². The molecule has 0 aromatic rings. The highest BCUT2D eigenvalue weighted by Gasteiger charge is 2.36. The number of rotatable bonds is 3. The van der Waals surface area contributed by atoms with E-state index in [0.29, 0.717) is 18.9 Å². The maximum atomic E-state index is 12.4. The van der Waals surface area contributed by atoms with Crippen LogP contribution in [0.1, 0.15) is 39.5 Å². The second-order valence-electron chi connectivity index (χ2n) is 5.77. The molecular formula is C14H24N2O2. The van der Waals surface area contributed by atoms with Gasteiger partial charge in [0.15, 0.2) is 0 Å². The molecule has 0 saturated carbocycles. The van der Waals surface area contributed by atoms with Gasteiger partial charge in [0, 0.05) is 32.6 Å². The quantitative estimate of drug-likeness (QED) is 0.764. The van der Waals surface area contributed by atoms with Gasteiger partial charge in [-0.1, -0.05) is 13.8 Å². The summed E-state index contributed by atoms with van der Waals surface area (Å²) in [6, 6.07) is 0. The van der Waals surface area contributed by atoms with Crippen molar-refractivity contribution in [1.29, 1.82) is 0 Å². The Kier molecular flexibility index (Phi) is 4.25. The lowest BCUT2D eigenvalue weighted by Gasteiger charge is -2.32. The number of hydrogen-bond donors (Lipinski definition) is 0. The molecule has 18 heavy (non-hydrogen) atoms. The van der Waals surface area contributed by atoms with Crippen LogP contribution in [0.5, 0.6) is 0 Å². The third-order valence-electron chi connectivity index (χ3n) is 4.03. The molecule has 2 saturated heterocycles. The SMILES string of the molecule is CCCN1C[C@H](C(=O)N2CCC[C@H](C)C2)CC1=O. The molecule has 0 spiro atoms. The maximum Gasteiger partial charge on any atom is 0.228 e. The van der Waals surface area contributed by atoms with Gasteiger partial charge in [0.25, 0.3) is 0 Å². The first-order chi connectivity index (χ1) is 8.61. The molecule has 2 amide bonds. The van der Waals surface area contributed by atoms with Crippen molar-refractivity contribution in [3.63, 3.8) is 0 Å². The average Bonchev–Trinajstić information content (AvgIpc) is 2.71. The average molecular weight is 252 g/mol. The van der Waals surface area contributed by atoms with Crippen LogP contribution in [-0.2, 0) is 9.59 Å². The summed E-state index contributed by atoms with van der Waals surface area (Å²) < 4.78 is 0. The van der Waals surface area contributed by atoms with Crippen LogP contribution >= 0.6 is 0 Å². The topological polar surface area (TPSA) is 40.6 Å². The first-order valence-corrected chi connectivity index (χ1v) is 7.18. The largest absolute Gasteiger partial charge is 0.342 e. The summed E-state index contributed by atoms with van der Waals surface area (Å²) in [5, 5.41) is 0. The Bertz CT molecular complexity index is 330. The van der Waals surface area contributed by atoms with Crippen LogP contribution in [0.3, 0.4) is 0 Å². The molecule has 102 valence electrons. The van der Waals surface area contributed by atoms with E-state index in [1.807, 2.05) is 9.80 Å². The van der Waals surface area contributed by atoms with Crippen LogP contribution in [0.2, 0.25) is 0 Å². The summed E-state index contributed by atoms with van der Waals surface area (Å²) in [4.78, 5) is 28.0. The molecule has 0 bridgehead atoms. The molecule has 2 rings (SSSR count). The first kappa shape index (κ1) is 13.4. The third-order valence-corrected chi connectivity index (χ3v) is 4.03. The normalized spacial score (nSPS) is 28.9. The van der Waals surface area contributed by atoms with Gasteiger partial charge < -0.3 is 9.80 Å². The fourth-order valence-electron chi connectivity index (χ4n) is 3.07. The number of carbonyl (C=O) groups is 2. The van der Waals surface area contributed by atoms with E-state index < -0.39 is 0 Å². The van der Waals surface area contributed by atoms with Gasteiger partial charge in [-0.2, -0.15) is 0 Å². The van der Waals surface area contributed by atoms with E-state index in [0.717, 1.165) is 32.5 Å².